The first-order valence-corrected chi connectivity index (χ1v) is 18.9. The van der Waals surface area contributed by atoms with E-state index in [-0.39, 0.29) is 36.5 Å². The van der Waals surface area contributed by atoms with Crippen LogP contribution in [-0.4, -0.2) is 44.3 Å². The van der Waals surface area contributed by atoms with Gasteiger partial charge in [0.2, 0.25) is 0 Å². The number of carbonyl (C=O) groups excluding carboxylic acids is 3. The van der Waals surface area contributed by atoms with Gasteiger partial charge in [-0.2, -0.15) is 0 Å². The molecule has 0 radical (unpaired) electrons. The summed E-state index contributed by atoms with van der Waals surface area (Å²) in [6.07, 6.45) is 14.6. The monoisotopic (exact) mass is 704 g/mol. The zero-order chi connectivity index (χ0) is 36.1. The van der Waals surface area contributed by atoms with Gasteiger partial charge in [0.15, 0.2) is 0 Å². The Morgan fingerprint density at radius 3 is 2.08 bits per heavy atom. The minimum atomic E-state index is -0.324. The second kappa shape index (κ2) is 22.7. The van der Waals surface area contributed by atoms with Gasteiger partial charge in [0.05, 0.1) is 20.3 Å². The lowest BCUT2D eigenvalue weighted by Crippen LogP contribution is -2.30. The van der Waals surface area contributed by atoms with Crippen LogP contribution in [0, 0.1) is 12.8 Å². The first kappa shape index (κ1) is 40.5. The van der Waals surface area contributed by atoms with Gasteiger partial charge in [0.25, 0.3) is 0 Å². The predicted octanol–water partition coefficient (Wildman–Crippen LogP) is 10.5. The molecule has 50 heavy (non-hydrogen) atoms. The molecule has 272 valence electrons. The van der Waals surface area contributed by atoms with E-state index in [1.807, 2.05) is 23.5 Å². The number of ether oxygens (including phenoxy) is 4. The smallest absolute Gasteiger partial charge is 0.302 e. The number of rotatable bonds is 23. The van der Waals surface area contributed by atoms with E-state index in [0.717, 1.165) is 75.5 Å². The van der Waals surface area contributed by atoms with Gasteiger partial charge in [0.1, 0.15) is 11.9 Å². The topological polar surface area (TPSA) is 88.1 Å². The summed E-state index contributed by atoms with van der Waals surface area (Å²) < 4.78 is 21.5. The zero-order valence-electron chi connectivity index (χ0n) is 30.6. The van der Waals surface area contributed by atoms with Crippen LogP contribution >= 0.6 is 11.3 Å². The van der Waals surface area contributed by atoms with Crippen LogP contribution < -0.4 is 4.74 Å². The maximum atomic E-state index is 12.0. The van der Waals surface area contributed by atoms with Crippen molar-refractivity contribution in [2.45, 2.75) is 110 Å². The third-order valence-electron chi connectivity index (χ3n) is 8.80. The summed E-state index contributed by atoms with van der Waals surface area (Å²) in [5.74, 6) is 0.210. The van der Waals surface area contributed by atoms with E-state index in [0.29, 0.717) is 18.9 Å². The normalized spacial score (nSPS) is 13.1. The molecule has 0 spiro atoms. The van der Waals surface area contributed by atoms with Crippen LogP contribution in [0.15, 0.2) is 66.7 Å². The maximum Gasteiger partial charge on any atom is 0.302 e. The number of esters is 3. The molecule has 8 heteroatoms. The Balaban J connectivity index is 1.58. The fourth-order valence-corrected chi connectivity index (χ4v) is 7.25. The van der Waals surface area contributed by atoms with Crippen molar-refractivity contribution in [1.82, 2.24) is 0 Å². The quantitative estimate of drug-likeness (QED) is 0.0551. The van der Waals surface area contributed by atoms with Crippen LogP contribution in [0.3, 0.4) is 0 Å². The van der Waals surface area contributed by atoms with E-state index in [9.17, 15) is 14.4 Å². The molecule has 0 aliphatic heterocycles. The molecule has 0 N–H and O–H groups in total. The van der Waals surface area contributed by atoms with E-state index in [1.165, 1.54) is 41.7 Å². The van der Waals surface area contributed by atoms with Gasteiger partial charge < -0.3 is 18.9 Å². The van der Waals surface area contributed by atoms with Crippen molar-refractivity contribution in [3.63, 3.8) is 0 Å². The van der Waals surface area contributed by atoms with Crippen molar-refractivity contribution in [2.75, 3.05) is 20.3 Å². The Bertz CT molecular complexity index is 1480. The van der Waals surface area contributed by atoms with Crippen LogP contribution in [0.2, 0.25) is 0 Å². The number of allylic oxidation sites excluding steroid dienone is 1. The summed E-state index contributed by atoms with van der Waals surface area (Å²) in [5, 5.41) is 0. The highest BCUT2D eigenvalue weighted by atomic mass is 32.1. The number of thiophene rings is 1. The van der Waals surface area contributed by atoms with Crippen molar-refractivity contribution in [1.29, 1.82) is 0 Å². The molecule has 7 nitrogen and oxygen atoms in total. The zero-order valence-corrected chi connectivity index (χ0v) is 31.4. The number of hydrogen-bond donors (Lipinski definition) is 0. The second-order valence-electron chi connectivity index (χ2n) is 13.1. The van der Waals surface area contributed by atoms with Crippen LogP contribution in [0.1, 0.15) is 113 Å². The van der Waals surface area contributed by atoms with Gasteiger partial charge in [-0.25, -0.2) is 0 Å². The van der Waals surface area contributed by atoms with Gasteiger partial charge in [-0.3, -0.25) is 14.4 Å². The van der Waals surface area contributed by atoms with Crippen LogP contribution in [0.4, 0.5) is 0 Å². The first-order chi connectivity index (χ1) is 24.1. The molecule has 0 saturated heterocycles. The average molecular weight is 705 g/mol. The third-order valence-corrected chi connectivity index (χ3v) is 10.1. The van der Waals surface area contributed by atoms with Gasteiger partial charge in [0, 0.05) is 42.4 Å². The lowest BCUT2D eigenvalue weighted by Gasteiger charge is -2.26. The van der Waals surface area contributed by atoms with E-state index < -0.39 is 0 Å². The van der Waals surface area contributed by atoms with Gasteiger partial charge in [-0.05, 0) is 74.4 Å². The van der Waals surface area contributed by atoms with Crippen molar-refractivity contribution in [3.05, 3.63) is 82.7 Å². The van der Waals surface area contributed by atoms with Gasteiger partial charge in [-0.1, -0.05) is 92.6 Å². The number of hydrogen-bond acceptors (Lipinski definition) is 8. The summed E-state index contributed by atoms with van der Waals surface area (Å²) in [5.41, 5.74) is 3.67. The minimum Gasteiger partial charge on any atom is -0.497 e. The number of benzene rings is 2. The molecule has 0 bridgehead atoms. The fourth-order valence-electron chi connectivity index (χ4n) is 6.13. The molecular formula is C42H56O7S. The summed E-state index contributed by atoms with van der Waals surface area (Å²) in [7, 11) is 1.68. The molecule has 1 heterocycles. The molecule has 0 unspecified atom stereocenters. The lowest BCUT2D eigenvalue weighted by atomic mass is 9.91. The van der Waals surface area contributed by atoms with Gasteiger partial charge in [-0.15, -0.1) is 11.3 Å². The van der Waals surface area contributed by atoms with Gasteiger partial charge >= 0.3 is 17.9 Å². The van der Waals surface area contributed by atoms with E-state index in [1.54, 1.807) is 7.11 Å². The Hall–Kier alpha value is -3.91. The van der Waals surface area contributed by atoms with E-state index >= 15 is 0 Å². The molecule has 2 aromatic carbocycles. The predicted molar refractivity (Wildman–Crippen MR) is 202 cm³/mol. The van der Waals surface area contributed by atoms with Crippen LogP contribution in [0.5, 0.6) is 5.75 Å². The molecule has 0 aliphatic carbocycles. The second-order valence-corrected chi connectivity index (χ2v) is 14.2. The van der Waals surface area contributed by atoms with Crippen LogP contribution in [0.25, 0.3) is 16.5 Å². The molecule has 0 aliphatic rings. The molecule has 0 amide bonds. The average Bonchev–Trinajstić information content (AvgIpc) is 3.58. The SMILES string of the molecule is COc1ccc(/C=C/[C@H](CCCCCC[C@H](COC(C)=O)[C@@H](CCCCCCOC(C)=O)OC(C)=O)c2ccc(-c3cccc(C)c3)s2)cc1. The molecule has 1 aromatic heterocycles. The van der Waals surface area contributed by atoms with E-state index in [4.69, 9.17) is 18.9 Å². The Kier molecular flexibility index (Phi) is 18.4. The van der Waals surface area contributed by atoms with Crippen molar-refractivity contribution in [2.24, 2.45) is 5.92 Å². The number of unbranched alkanes of at least 4 members (excludes halogenated alkanes) is 6. The molecular weight excluding hydrogens is 649 g/mol. The summed E-state index contributed by atoms with van der Waals surface area (Å²) in [4.78, 5) is 37.3. The highest BCUT2D eigenvalue weighted by molar-refractivity contribution is 7.15. The molecule has 0 saturated carbocycles. The minimum absolute atomic E-state index is 0.0461. The Morgan fingerprint density at radius 1 is 0.740 bits per heavy atom. The summed E-state index contributed by atoms with van der Waals surface area (Å²) >= 11 is 1.87. The first-order valence-electron chi connectivity index (χ1n) is 18.1. The Labute approximate surface area is 303 Å². The van der Waals surface area contributed by atoms with Crippen molar-refractivity contribution in [3.8, 4) is 16.2 Å². The highest BCUT2D eigenvalue weighted by Gasteiger charge is 2.25. The molecule has 3 aromatic rings. The van der Waals surface area contributed by atoms with E-state index in [2.05, 4.69) is 67.6 Å². The molecule has 3 atom stereocenters. The summed E-state index contributed by atoms with van der Waals surface area (Å²) in [6.45, 7) is 7.08. The lowest BCUT2D eigenvalue weighted by molar-refractivity contribution is -0.153. The summed E-state index contributed by atoms with van der Waals surface area (Å²) in [6, 6.07) is 21.3. The highest BCUT2D eigenvalue weighted by Crippen LogP contribution is 2.36. The largest absolute Gasteiger partial charge is 0.497 e. The fraction of sp³-hybridized carbons (Fsp3) is 0.500. The third kappa shape index (κ3) is 15.8. The number of carbonyl (C=O) groups is 3. The van der Waals surface area contributed by atoms with Crippen molar-refractivity contribution < 1.29 is 33.3 Å². The van der Waals surface area contributed by atoms with Crippen LogP contribution in [-0.2, 0) is 28.6 Å². The molecule has 3 rings (SSSR count). The van der Waals surface area contributed by atoms with Crippen molar-refractivity contribution >= 4 is 35.3 Å². The standard InChI is InChI=1S/C42H56O7S/c1-31-15-14-18-37(29-31)42-27-26-41(50-42)36(23-20-35-21-24-39(46-5)25-22-35)16-10-6-7-11-17-38(30-48-33(3)44)40(49-34(4)45)19-12-8-9-13-28-47-32(2)43/h14-15,18,20-27,29,36,38,40H,6-13,16-17,19,28,30H2,1-5H3/b23-20+/t36-,38+,40+/m0/s1. The number of methoxy groups -OCH3 is 1. The molecule has 0 fully saturated rings. The maximum absolute atomic E-state index is 12.0. The number of aryl methyl sites for hydroxylation is 1. The Morgan fingerprint density at radius 2 is 1.42 bits per heavy atom.